The van der Waals surface area contributed by atoms with Gasteiger partial charge >= 0.3 is 0 Å². The molecule has 1 amide bonds. The molecule has 0 unspecified atom stereocenters. The van der Waals surface area contributed by atoms with Gasteiger partial charge in [0, 0.05) is 23.1 Å². The normalized spacial score (nSPS) is 17.4. The Kier molecular flexibility index (Phi) is 5.09. The molecule has 2 aliphatic rings. The summed E-state index contributed by atoms with van der Waals surface area (Å²) >= 11 is 0. The van der Waals surface area contributed by atoms with E-state index in [1.54, 1.807) is 6.26 Å². The van der Waals surface area contributed by atoms with E-state index in [9.17, 15) is 4.79 Å². The average molecular weight is 494 g/mol. The molecule has 37 heavy (non-hydrogen) atoms. The molecule has 1 saturated carbocycles. The Bertz CT molecular complexity index is 1580. The number of tetrazole rings is 1. The molecular formula is C27H23N7O3. The summed E-state index contributed by atoms with van der Waals surface area (Å²) in [6.45, 7) is 0.0607. The van der Waals surface area contributed by atoms with Crippen molar-refractivity contribution in [1.82, 2.24) is 25.2 Å². The number of furan rings is 2. The third-order valence-electron chi connectivity index (χ3n) is 6.70. The molecule has 1 atom stereocenters. The summed E-state index contributed by atoms with van der Waals surface area (Å²) in [5.41, 5.74) is 3.19. The van der Waals surface area contributed by atoms with Crippen LogP contribution in [0, 0.1) is 0 Å². The van der Waals surface area contributed by atoms with E-state index >= 15 is 0 Å². The highest BCUT2D eigenvalue weighted by molar-refractivity contribution is 6.03. The van der Waals surface area contributed by atoms with E-state index in [0.717, 1.165) is 40.9 Å². The number of nitrogens with one attached hydrogen (secondary N) is 1. The van der Waals surface area contributed by atoms with Crippen molar-refractivity contribution in [3.8, 4) is 11.4 Å². The molecule has 0 radical (unpaired) electrons. The molecule has 0 bridgehead atoms. The Balaban J connectivity index is 1.12. The summed E-state index contributed by atoms with van der Waals surface area (Å²) in [4.78, 5) is 13.4. The molecule has 1 N–H and O–H groups in total. The number of anilines is 1. The lowest BCUT2D eigenvalue weighted by Crippen LogP contribution is -2.32. The molecule has 1 aliphatic carbocycles. The van der Waals surface area contributed by atoms with Crippen LogP contribution >= 0.6 is 0 Å². The van der Waals surface area contributed by atoms with Crippen molar-refractivity contribution in [2.75, 3.05) is 11.9 Å². The van der Waals surface area contributed by atoms with E-state index in [0.29, 0.717) is 29.7 Å². The number of hydrogen-bond donors (Lipinski definition) is 1. The lowest BCUT2D eigenvalue weighted by molar-refractivity contribution is -0.131. The zero-order valence-electron chi connectivity index (χ0n) is 19.8. The third kappa shape index (κ3) is 4.06. The predicted molar refractivity (Wildman–Crippen MR) is 136 cm³/mol. The minimum atomic E-state index is -0.345. The first-order valence-electron chi connectivity index (χ1n) is 12.3. The average Bonchev–Trinajstić information content (AvgIpc) is 3.40. The minimum Gasteiger partial charge on any atom is -0.467 e. The molecule has 7 rings (SSSR count). The van der Waals surface area contributed by atoms with Crippen LogP contribution in [0.3, 0.4) is 0 Å². The molecule has 10 nitrogen and oxygen atoms in total. The van der Waals surface area contributed by atoms with Gasteiger partial charge in [0.2, 0.25) is 0 Å². The Morgan fingerprint density at radius 1 is 1.05 bits per heavy atom. The number of para-hydroxylation sites is 1. The van der Waals surface area contributed by atoms with Gasteiger partial charge in [0.15, 0.2) is 11.6 Å². The van der Waals surface area contributed by atoms with E-state index in [4.69, 9.17) is 8.83 Å². The van der Waals surface area contributed by atoms with Crippen LogP contribution in [0.15, 0.2) is 86.9 Å². The Morgan fingerprint density at radius 2 is 1.97 bits per heavy atom. The van der Waals surface area contributed by atoms with Crippen molar-refractivity contribution in [3.05, 3.63) is 84.5 Å². The highest BCUT2D eigenvalue weighted by Crippen LogP contribution is 2.37. The predicted octanol–water partition coefficient (Wildman–Crippen LogP) is 4.80. The number of carbonyl (C=O) groups is 1. The molecule has 0 saturated heterocycles. The van der Waals surface area contributed by atoms with E-state index in [-0.39, 0.29) is 18.5 Å². The molecule has 5 aromatic rings. The number of hydrogen-bond acceptors (Lipinski definition) is 8. The zero-order chi connectivity index (χ0) is 24.8. The molecule has 0 spiro atoms. The van der Waals surface area contributed by atoms with Crippen LogP contribution in [-0.2, 0) is 4.79 Å². The van der Waals surface area contributed by atoms with Gasteiger partial charge in [0.1, 0.15) is 23.1 Å². The summed E-state index contributed by atoms with van der Waals surface area (Å²) in [7, 11) is 0. The van der Waals surface area contributed by atoms with Gasteiger partial charge in [0.05, 0.1) is 18.8 Å². The lowest BCUT2D eigenvalue weighted by Gasteiger charge is -2.20. The van der Waals surface area contributed by atoms with Gasteiger partial charge in [-0.25, -0.2) is 9.69 Å². The number of amides is 1. The van der Waals surface area contributed by atoms with Gasteiger partial charge in [-0.2, -0.15) is 5.10 Å². The van der Waals surface area contributed by atoms with Crippen molar-refractivity contribution in [2.24, 2.45) is 5.10 Å². The van der Waals surface area contributed by atoms with Gasteiger partial charge in [-0.15, -0.1) is 5.10 Å². The number of rotatable bonds is 7. The number of hydrazone groups is 1. The summed E-state index contributed by atoms with van der Waals surface area (Å²) in [6, 6.07) is 21.2. The minimum absolute atomic E-state index is 0.0607. The fourth-order valence-corrected chi connectivity index (χ4v) is 4.69. The van der Waals surface area contributed by atoms with Gasteiger partial charge < -0.3 is 14.2 Å². The standard InChI is InChI=1S/C27H23N7O3/c35-26(16-28-19-7-3-6-18(13-19)27-29-31-32-33(27)20-10-11-20)34-22(24-9-4-12-36-24)15-21(30-34)25-14-17-5-1-2-8-23(17)37-25/h1-9,12-14,20,22,28H,10-11,15-16H2/t22-/m0/s1. The quantitative estimate of drug-likeness (QED) is 0.346. The van der Waals surface area contributed by atoms with Gasteiger partial charge in [0.25, 0.3) is 5.91 Å². The SMILES string of the molecule is O=C(CNc1cccc(-c2nnnn2C2CC2)c1)N1N=C(c2cc3ccccc3o2)C[C@H]1c1ccco1. The van der Waals surface area contributed by atoms with Crippen LogP contribution in [0.5, 0.6) is 0 Å². The van der Waals surface area contributed by atoms with Crippen LogP contribution in [0.4, 0.5) is 5.69 Å². The molecule has 1 aliphatic heterocycles. The Labute approximate surface area is 211 Å². The van der Waals surface area contributed by atoms with Gasteiger partial charge in [-0.05, 0) is 59.7 Å². The molecule has 4 heterocycles. The van der Waals surface area contributed by atoms with Gasteiger partial charge in [-0.1, -0.05) is 30.3 Å². The first kappa shape index (κ1) is 21.5. The van der Waals surface area contributed by atoms with Crippen molar-refractivity contribution in [2.45, 2.75) is 31.3 Å². The number of benzene rings is 2. The molecule has 184 valence electrons. The van der Waals surface area contributed by atoms with E-state index in [1.807, 2.05) is 71.4 Å². The summed E-state index contributed by atoms with van der Waals surface area (Å²) in [5.74, 6) is 1.88. The molecule has 1 fully saturated rings. The van der Waals surface area contributed by atoms with Crippen LogP contribution in [-0.4, -0.2) is 43.4 Å². The number of nitrogens with zero attached hydrogens (tertiary/aromatic N) is 6. The lowest BCUT2D eigenvalue weighted by atomic mass is 10.1. The number of carbonyl (C=O) groups excluding carboxylic acids is 1. The zero-order valence-corrected chi connectivity index (χ0v) is 19.8. The van der Waals surface area contributed by atoms with Crippen molar-refractivity contribution < 1.29 is 13.6 Å². The maximum absolute atomic E-state index is 13.4. The summed E-state index contributed by atoms with van der Waals surface area (Å²) in [5, 5.41) is 22.6. The molecule has 10 heteroatoms. The van der Waals surface area contributed by atoms with E-state index in [2.05, 4.69) is 25.9 Å². The number of fused-ring (bicyclic) bond motifs is 1. The van der Waals surface area contributed by atoms with Crippen molar-refractivity contribution in [3.63, 3.8) is 0 Å². The largest absolute Gasteiger partial charge is 0.467 e. The Morgan fingerprint density at radius 3 is 2.81 bits per heavy atom. The first-order valence-corrected chi connectivity index (χ1v) is 12.3. The second-order valence-electron chi connectivity index (χ2n) is 9.28. The van der Waals surface area contributed by atoms with Crippen LogP contribution < -0.4 is 5.32 Å². The maximum atomic E-state index is 13.4. The van der Waals surface area contributed by atoms with Crippen LogP contribution in [0.1, 0.15) is 42.9 Å². The Hall–Kier alpha value is -4.73. The topological polar surface area (TPSA) is 115 Å². The fraction of sp³-hybridized carbons (Fsp3) is 0.222. The van der Waals surface area contributed by atoms with Crippen molar-refractivity contribution in [1.29, 1.82) is 0 Å². The summed E-state index contributed by atoms with van der Waals surface area (Å²) in [6.07, 6.45) is 4.29. The smallest absolute Gasteiger partial charge is 0.262 e. The monoisotopic (exact) mass is 493 g/mol. The third-order valence-corrected chi connectivity index (χ3v) is 6.70. The number of aromatic nitrogens is 4. The van der Waals surface area contributed by atoms with Crippen LogP contribution in [0.25, 0.3) is 22.4 Å². The fourth-order valence-electron chi connectivity index (χ4n) is 4.69. The highest BCUT2D eigenvalue weighted by atomic mass is 16.3. The molecular weight excluding hydrogens is 470 g/mol. The maximum Gasteiger partial charge on any atom is 0.262 e. The van der Waals surface area contributed by atoms with Gasteiger partial charge in [-0.3, -0.25) is 4.79 Å². The van der Waals surface area contributed by atoms with E-state index < -0.39 is 0 Å². The highest BCUT2D eigenvalue weighted by Gasteiger charge is 2.36. The van der Waals surface area contributed by atoms with Crippen LogP contribution in [0.2, 0.25) is 0 Å². The molecule has 3 aromatic heterocycles. The summed E-state index contributed by atoms with van der Waals surface area (Å²) < 4.78 is 13.6. The van der Waals surface area contributed by atoms with E-state index in [1.165, 1.54) is 5.01 Å². The van der Waals surface area contributed by atoms with Crippen molar-refractivity contribution >= 4 is 28.3 Å². The first-order chi connectivity index (χ1) is 18.2. The second kappa shape index (κ2) is 8.74. The molecule has 2 aromatic carbocycles. The second-order valence-corrected chi connectivity index (χ2v) is 9.28.